The van der Waals surface area contributed by atoms with Gasteiger partial charge in [-0.2, -0.15) is 0 Å². The molecule has 0 radical (unpaired) electrons. The molecule has 0 spiro atoms. The third-order valence-electron chi connectivity index (χ3n) is 3.78. The van der Waals surface area contributed by atoms with Crippen LogP contribution in [0.2, 0.25) is 0 Å². The lowest BCUT2D eigenvalue weighted by Gasteiger charge is -2.22. The molecule has 0 bridgehead atoms. The van der Waals surface area contributed by atoms with E-state index < -0.39 is 10.0 Å². The third kappa shape index (κ3) is 4.19. The fourth-order valence-corrected chi connectivity index (χ4v) is 3.83. The fourth-order valence-electron chi connectivity index (χ4n) is 2.65. The molecule has 0 amide bonds. The van der Waals surface area contributed by atoms with Gasteiger partial charge in [0.2, 0.25) is 10.0 Å². The van der Waals surface area contributed by atoms with Gasteiger partial charge in [-0.3, -0.25) is 4.90 Å². The maximum Gasteiger partial charge on any atom is 0.215 e. The van der Waals surface area contributed by atoms with Crippen molar-refractivity contribution in [3.8, 4) is 0 Å². The van der Waals surface area contributed by atoms with Gasteiger partial charge in [0.25, 0.3) is 0 Å². The summed E-state index contributed by atoms with van der Waals surface area (Å²) < 4.78 is 26.9. The first-order valence-electron chi connectivity index (χ1n) is 7.06. The minimum absolute atomic E-state index is 0.00608. The molecule has 1 saturated heterocycles. The summed E-state index contributed by atoms with van der Waals surface area (Å²) in [7, 11) is -3.28. The van der Waals surface area contributed by atoms with Crippen molar-refractivity contribution >= 4 is 15.7 Å². The number of likely N-dealkylation sites (N-methyl/N-ethyl adjacent to an activating group) is 1. The lowest BCUT2D eigenvalue weighted by molar-refractivity contribution is 0.268. The normalized spacial score (nSPS) is 20.4. The predicted octanol–water partition coefficient (Wildman–Crippen LogP) is 1.17. The van der Waals surface area contributed by atoms with E-state index in [2.05, 4.69) is 16.5 Å². The number of nitrogens with one attached hydrogen (secondary N) is 1. The number of anilines is 1. The third-order valence-corrected chi connectivity index (χ3v) is 5.10. The maximum absolute atomic E-state index is 12.1. The smallest absolute Gasteiger partial charge is 0.215 e. The van der Waals surface area contributed by atoms with Crippen molar-refractivity contribution in [3.63, 3.8) is 0 Å². The Bertz CT molecular complexity index is 528. The van der Waals surface area contributed by atoms with E-state index in [1.165, 1.54) is 0 Å². The van der Waals surface area contributed by atoms with Crippen molar-refractivity contribution in [2.75, 3.05) is 25.4 Å². The molecule has 1 aliphatic rings. The molecule has 5 nitrogen and oxygen atoms in total. The zero-order valence-corrected chi connectivity index (χ0v) is 12.7. The molecular formula is C14H23N3O2S. The van der Waals surface area contributed by atoms with Crippen molar-refractivity contribution < 1.29 is 8.42 Å². The average Bonchev–Trinajstić information content (AvgIpc) is 2.86. The molecule has 3 N–H and O–H groups in total. The number of hydrogen-bond acceptors (Lipinski definition) is 4. The average molecular weight is 297 g/mol. The van der Waals surface area contributed by atoms with Gasteiger partial charge >= 0.3 is 0 Å². The molecule has 0 saturated carbocycles. The van der Waals surface area contributed by atoms with Crippen LogP contribution in [0.5, 0.6) is 0 Å². The monoisotopic (exact) mass is 297 g/mol. The van der Waals surface area contributed by atoms with Gasteiger partial charge < -0.3 is 5.73 Å². The molecule has 112 valence electrons. The molecule has 1 aromatic rings. The highest BCUT2D eigenvalue weighted by Crippen LogP contribution is 2.16. The lowest BCUT2D eigenvalue weighted by Crippen LogP contribution is -2.40. The molecule has 0 aromatic heterocycles. The van der Waals surface area contributed by atoms with Crippen LogP contribution >= 0.6 is 0 Å². The van der Waals surface area contributed by atoms with Crippen LogP contribution in [0.15, 0.2) is 24.3 Å². The van der Waals surface area contributed by atoms with Crippen molar-refractivity contribution in [2.45, 2.75) is 31.6 Å². The largest absolute Gasteiger partial charge is 0.399 e. The summed E-state index contributed by atoms with van der Waals surface area (Å²) in [4.78, 5) is 2.33. The summed E-state index contributed by atoms with van der Waals surface area (Å²) in [5.74, 6) is 0.00608. The number of likely N-dealkylation sites (tertiary alicyclic amines) is 1. The Morgan fingerprint density at radius 2 is 2.05 bits per heavy atom. The fraction of sp³-hybridized carbons (Fsp3) is 0.571. The lowest BCUT2D eigenvalue weighted by atomic mass is 10.2. The Morgan fingerprint density at radius 3 is 2.70 bits per heavy atom. The molecule has 1 unspecified atom stereocenters. The first kappa shape index (κ1) is 15.3. The van der Waals surface area contributed by atoms with Gasteiger partial charge in [0, 0.05) is 18.3 Å². The molecule has 0 aliphatic carbocycles. The molecule has 1 heterocycles. The van der Waals surface area contributed by atoms with E-state index in [9.17, 15) is 8.42 Å². The summed E-state index contributed by atoms with van der Waals surface area (Å²) in [5.41, 5.74) is 6.99. The maximum atomic E-state index is 12.1. The summed E-state index contributed by atoms with van der Waals surface area (Å²) in [6.45, 7) is 4.66. The van der Waals surface area contributed by atoms with E-state index in [0.717, 1.165) is 31.5 Å². The van der Waals surface area contributed by atoms with Gasteiger partial charge in [0.1, 0.15) is 0 Å². The van der Waals surface area contributed by atoms with Crippen LogP contribution in [0.1, 0.15) is 25.3 Å². The zero-order valence-electron chi connectivity index (χ0n) is 11.9. The molecule has 20 heavy (non-hydrogen) atoms. The second kappa shape index (κ2) is 6.56. The number of nitrogen functional groups attached to an aromatic ring is 1. The number of rotatable bonds is 6. The number of sulfonamides is 1. The Balaban J connectivity index is 1.89. The van der Waals surface area contributed by atoms with Gasteiger partial charge in [-0.05, 0) is 43.6 Å². The highest BCUT2D eigenvalue weighted by atomic mass is 32.2. The Morgan fingerprint density at radius 1 is 1.35 bits per heavy atom. The van der Waals surface area contributed by atoms with Crippen LogP contribution in [-0.4, -0.2) is 39.0 Å². The highest BCUT2D eigenvalue weighted by molar-refractivity contribution is 7.88. The first-order chi connectivity index (χ1) is 9.50. The Kier molecular flexibility index (Phi) is 5.01. The standard InChI is InChI=1S/C14H23N3O2S/c1-2-17-9-3-4-14(17)10-16-20(18,19)11-12-5-7-13(15)8-6-12/h5-8,14,16H,2-4,9-11,15H2,1H3. The van der Waals surface area contributed by atoms with E-state index in [-0.39, 0.29) is 5.75 Å². The van der Waals surface area contributed by atoms with Crippen LogP contribution in [0.3, 0.4) is 0 Å². The SMILES string of the molecule is CCN1CCCC1CNS(=O)(=O)Cc1ccc(N)cc1. The summed E-state index contributed by atoms with van der Waals surface area (Å²) >= 11 is 0. The molecule has 2 rings (SSSR count). The van der Waals surface area contributed by atoms with E-state index in [4.69, 9.17) is 5.73 Å². The molecule has 6 heteroatoms. The molecule has 1 aromatic carbocycles. The van der Waals surface area contributed by atoms with Crippen LogP contribution < -0.4 is 10.5 Å². The van der Waals surface area contributed by atoms with Gasteiger partial charge in [-0.1, -0.05) is 19.1 Å². The van der Waals surface area contributed by atoms with Gasteiger partial charge in [0.05, 0.1) is 5.75 Å². The Labute approximate surface area is 121 Å². The van der Waals surface area contributed by atoms with Crippen LogP contribution in [0.4, 0.5) is 5.69 Å². The number of hydrogen-bond donors (Lipinski definition) is 2. The van der Waals surface area contributed by atoms with Gasteiger partial charge in [-0.25, -0.2) is 13.1 Å². The quantitative estimate of drug-likeness (QED) is 0.773. The number of nitrogens with zero attached hydrogens (tertiary/aromatic N) is 1. The minimum Gasteiger partial charge on any atom is -0.399 e. The second-order valence-corrected chi connectivity index (χ2v) is 7.08. The molecular weight excluding hydrogens is 274 g/mol. The molecule has 1 aliphatic heterocycles. The molecule has 1 fully saturated rings. The van der Waals surface area contributed by atoms with E-state index in [1.54, 1.807) is 24.3 Å². The summed E-state index contributed by atoms with van der Waals surface area (Å²) in [5, 5.41) is 0. The first-order valence-corrected chi connectivity index (χ1v) is 8.71. The van der Waals surface area contributed by atoms with Crippen molar-refractivity contribution in [2.24, 2.45) is 0 Å². The van der Waals surface area contributed by atoms with Crippen LogP contribution in [0.25, 0.3) is 0 Å². The van der Waals surface area contributed by atoms with Crippen LogP contribution in [-0.2, 0) is 15.8 Å². The second-order valence-electron chi connectivity index (χ2n) is 5.27. The van der Waals surface area contributed by atoms with E-state index in [0.29, 0.717) is 18.3 Å². The van der Waals surface area contributed by atoms with Crippen molar-refractivity contribution in [3.05, 3.63) is 29.8 Å². The number of benzene rings is 1. The summed E-state index contributed by atoms with van der Waals surface area (Å²) in [6, 6.07) is 7.29. The minimum atomic E-state index is -3.28. The van der Waals surface area contributed by atoms with Crippen LogP contribution in [0, 0.1) is 0 Å². The zero-order chi connectivity index (χ0) is 14.6. The van der Waals surface area contributed by atoms with Gasteiger partial charge in [0.15, 0.2) is 0 Å². The van der Waals surface area contributed by atoms with E-state index >= 15 is 0 Å². The van der Waals surface area contributed by atoms with Crippen molar-refractivity contribution in [1.82, 2.24) is 9.62 Å². The van der Waals surface area contributed by atoms with E-state index in [1.807, 2.05) is 0 Å². The molecule has 1 atom stereocenters. The summed E-state index contributed by atoms with van der Waals surface area (Å²) in [6.07, 6.45) is 2.22. The highest BCUT2D eigenvalue weighted by Gasteiger charge is 2.24. The van der Waals surface area contributed by atoms with Gasteiger partial charge in [-0.15, -0.1) is 0 Å². The van der Waals surface area contributed by atoms with Crippen molar-refractivity contribution in [1.29, 1.82) is 0 Å². The predicted molar refractivity (Wildman–Crippen MR) is 81.7 cm³/mol. The Hall–Kier alpha value is -1.11. The topological polar surface area (TPSA) is 75.4 Å². The number of nitrogens with two attached hydrogens (primary N) is 1.